The van der Waals surface area contributed by atoms with Crippen molar-refractivity contribution < 1.29 is 0 Å². The summed E-state index contributed by atoms with van der Waals surface area (Å²) >= 11 is 0. The highest BCUT2D eigenvalue weighted by Crippen LogP contribution is 1.93. The van der Waals surface area contributed by atoms with Crippen LogP contribution in [0.4, 0.5) is 0 Å². The van der Waals surface area contributed by atoms with Crippen molar-refractivity contribution >= 4 is 6.21 Å². The Balaban J connectivity index is 2.54. The van der Waals surface area contributed by atoms with E-state index in [1.54, 1.807) is 6.21 Å². The molecule has 2 heteroatoms. The van der Waals surface area contributed by atoms with Gasteiger partial charge in [-0.3, -0.25) is 4.99 Å². The molecule has 0 aromatic carbocycles. The summed E-state index contributed by atoms with van der Waals surface area (Å²) in [6, 6.07) is 0.465. The zero-order chi connectivity index (χ0) is 5.98. The van der Waals surface area contributed by atoms with Crippen molar-refractivity contribution in [2.45, 2.75) is 13.0 Å². The quantitative estimate of drug-likeness (QED) is 0.484. The highest BCUT2D eigenvalue weighted by molar-refractivity contribution is 5.77. The molecule has 0 saturated heterocycles. The molecule has 1 atom stereocenters. The van der Waals surface area contributed by atoms with Crippen molar-refractivity contribution in [1.82, 2.24) is 5.32 Å². The van der Waals surface area contributed by atoms with Gasteiger partial charge >= 0.3 is 0 Å². The summed E-state index contributed by atoms with van der Waals surface area (Å²) in [7, 11) is 0. The van der Waals surface area contributed by atoms with Crippen molar-refractivity contribution in [3.63, 3.8) is 0 Å². The lowest BCUT2D eigenvalue weighted by Gasteiger charge is -2.16. The van der Waals surface area contributed by atoms with Gasteiger partial charge in [0.1, 0.15) is 0 Å². The molecule has 1 heterocycles. The van der Waals surface area contributed by atoms with Gasteiger partial charge in [-0.05, 0) is 6.92 Å². The maximum Gasteiger partial charge on any atom is 0.0589 e. The Hall–Kier alpha value is -0.790. The molecule has 0 saturated carbocycles. The third-order valence-electron chi connectivity index (χ3n) is 1.06. The molecule has 0 amide bonds. The molecular weight excluding hydrogens is 100 g/mol. The summed E-state index contributed by atoms with van der Waals surface area (Å²) in [5.41, 5.74) is 0.920. The van der Waals surface area contributed by atoms with Crippen LogP contribution in [-0.2, 0) is 0 Å². The zero-order valence-corrected chi connectivity index (χ0v) is 5.02. The molecule has 0 fully saturated rings. The number of nitrogens with zero attached hydrogens (tertiary/aromatic N) is 1. The predicted molar refractivity (Wildman–Crippen MR) is 35.1 cm³/mol. The third-order valence-corrected chi connectivity index (χ3v) is 1.06. The van der Waals surface area contributed by atoms with Crippen LogP contribution in [0.15, 0.2) is 17.3 Å². The van der Waals surface area contributed by atoms with Gasteiger partial charge in [0, 0.05) is 18.0 Å². The molecule has 8 heavy (non-hydrogen) atoms. The van der Waals surface area contributed by atoms with Gasteiger partial charge in [0.05, 0.1) is 6.54 Å². The van der Waals surface area contributed by atoms with Crippen molar-refractivity contribution in [2.75, 3.05) is 6.54 Å². The molecule has 1 aliphatic heterocycles. The highest BCUT2D eigenvalue weighted by atomic mass is 15.0. The second kappa shape index (κ2) is 1.99. The van der Waals surface area contributed by atoms with Gasteiger partial charge < -0.3 is 5.32 Å². The second-order valence-corrected chi connectivity index (χ2v) is 2.06. The van der Waals surface area contributed by atoms with Gasteiger partial charge in [-0.15, -0.1) is 0 Å². The number of aliphatic imine (C=N–C) groups is 1. The lowest BCUT2D eigenvalue weighted by Crippen LogP contribution is -2.31. The van der Waals surface area contributed by atoms with E-state index in [4.69, 9.17) is 0 Å². The van der Waals surface area contributed by atoms with E-state index in [-0.39, 0.29) is 0 Å². The lowest BCUT2D eigenvalue weighted by atomic mass is 10.3. The third kappa shape index (κ3) is 1.09. The van der Waals surface area contributed by atoms with E-state index in [0.29, 0.717) is 6.04 Å². The predicted octanol–water partition coefficient (Wildman–Crippen LogP) is 0.563. The van der Waals surface area contributed by atoms with Crippen LogP contribution >= 0.6 is 0 Å². The monoisotopic (exact) mass is 110 g/mol. The maximum atomic E-state index is 4.05. The zero-order valence-electron chi connectivity index (χ0n) is 5.02. The number of hydrogen-bond donors (Lipinski definition) is 1. The maximum absolute atomic E-state index is 4.05. The Morgan fingerprint density at radius 3 is 3.12 bits per heavy atom. The molecule has 0 aromatic heterocycles. The normalized spacial score (nSPS) is 27.6. The largest absolute Gasteiger partial charge is 0.380 e. The average molecular weight is 110 g/mol. The Bertz CT molecular complexity index is 126. The van der Waals surface area contributed by atoms with E-state index in [9.17, 15) is 0 Å². The topological polar surface area (TPSA) is 24.4 Å². The summed E-state index contributed by atoms with van der Waals surface area (Å²) in [4.78, 5) is 4.05. The van der Waals surface area contributed by atoms with Gasteiger partial charge in [-0.2, -0.15) is 0 Å². The molecule has 0 radical (unpaired) electrons. The number of allylic oxidation sites excluding steroid dienone is 1. The van der Waals surface area contributed by atoms with E-state index in [2.05, 4.69) is 23.8 Å². The van der Waals surface area contributed by atoms with Crippen molar-refractivity contribution in [1.29, 1.82) is 0 Å². The van der Waals surface area contributed by atoms with E-state index < -0.39 is 0 Å². The van der Waals surface area contributed by atoms with Crippen molar-refractivity contribution in [3.8, 4) is 0 Å². The van der Waals surface area contributed by atoms with Crippen LogP contribution in [-0.4, -0.2) is 18.8 Å². The van der Waals surface area contributed by atoms with E-state index in [1.165, 1.54) is 0 Å². The molecule has 1 N–H and O–H groups in total. The van der Waals surface area contributed by atoms with Crippen LogP contribution in [0.2, 0.25) is 0 Å². The average Bonchev–Trinajstić information content (AvgIpc) is 1.64. The first-order chi connectivity index (χ1) is 3.79. The minimum atomic E-state index is 0.465. The first kappa shape index (κ1) is 5.35. The van der Waals surface area contributed by atoms with Crippen LogP contribution in [0.5, 0.6) is 0 Å². The minimum absolute atomic E-state index is 0.465. The molecule has 0 spiro atoms. The SMILES string of the molecule is C=C1C=NC[C@@H](C)N1. The van der Waals surface area contributed by atoms with E-state index in [0.717, 1.165) is 12.2 Å². The van der Waals surface area contributed by atoms with Gasteiger partial charge in [-0.25, -0.2) is 0 Å². The Morgan fingerprint density at radius 2 is 2.75 bits per heavy atom. The van der Waals surface area contributed by atoms with Crippen molar-refractivity contribution in [3.05, 3.63) is 12.3 Å². The Kier molecular flexibility index (Phi) is 1.33. The van der Waals surface area contributed by atoms with Gasteiger partial charge in [0.25, 0.3) is 0 Å². The molecule has 0 aliphatic carbocycles. The van der Waals surface area contributed by atoms with Crippen LogP contribution in [0, 0.1) is 0 Å². The van der Waals surface area contributed by atoms with Crippen molar-refractivity contribution in [2.24, 2.45) is 4.99 Å². The van der Waals surface area contributed by atoms with E-state index >= 15 is 0 Å². The van der Waals surface area contributed by atoms with Crippen LogP contribution in [0.3, 0.4) is 0 Å². The van der Waals surface area contributed by atoms with Crippen LogP contribution in [0.25, 0.3) is 0 Å². The summed E-state index contributed by atoms with van der Waals surface area (Å²) in [5, 5.41) is 3.14. The highest BCUT2D eigenvalue weighted by Gasteiger charge is 2.02. The first-order valence-corrected chi connectivity index (χ1v) is 2.74. The smallest absolute Gasteiger partial charge is 0.0589 e. The summed E-state index contributed by atoms with van der Waals surface area (Å²) < 4.78 is 0. The molecule has 44 valence electrons. The Morgan fingerprint density at radius 1 is 2.00 bits per heavy atom. The summed E-state index contributed by atoms with van der Waals surface area (Å²) in [5.74, 6) is 0. The standard InChI is InChI=1S/C6H10N2/c1-5-3-7-4-6(2)8-5/h3,6,8H,1,4H2,2H3/t6-/m1/s1. The minimum Gasteiger partial charge on any atom is -0.380 e. The molecule has 0 unspecified atom stereocenters. The van der Waals surface area contributed by atoms with Gasteiger partial charge in [-0.1, -0.05) is 6.58 Å². The number of hydrogen-bond acceptors (Lipinski definition) is 2. The fourth-order valence-corrected chi connectivity index (χ4v) is 0.720. The number of rotatable bonds is 0. The lowest BCUT2D eigenvalue weighted by molar-refractivity contribution is 0.626. The van der Waals surface area contributed by atoms with Crippen LogP contribution < -0.4 is 5.32 Å². The number of nitrogens with one attached hydrogen (secondary N) is 1. The Labute approximate surface area is 49.3 Å². The first-order valence-electron chi connectivity index (χ1n) is 2.74. The van der Waals surface area contributed by atoms with Gasteiger partial charge in [0.15, 0.2) is 0 Å². The van der Waals surface area contributed by atoms with Gasteiger partial charge in [0.2, 0.25) is 0 Å². The van der Waals surface area contributed by atoms with Crippen LogP contribution in [0.1, 0.15) is 6.92 Å². The molecule has 0 bridgehead atoms. The molecule has 1 aliphatic rings. The second-order valence-electron chi connectivity index (χ2n) is 2.06. The molecular formula is C6H10N2. The fourth-order valence-electron chi connectivity index (χ4n) is 0.720. The summed E-state index contributed by atoms with van der Waals surface area (Å²) in [6.45, 7) is 6.66. The molecule has 2 nitrogen and oxygen atoms in total. The summed E-state index contributed by atoms with van der Waals surface area (Å²) in [6.07, 6.45) is 1.76. The fraction of sp³-hybridized carbons (Fsp3) is 0.500. The molecule has 1 rings (SSSR count). The van der Waals surface area contributed by atoms with E-state index in [1.807, 2.05) is 0 Å². The molecule has 0 aromatic rings.